The predicted molar refractivity (Wildman–Crippen MR) is 122 cm³/mol. The Morgan fingerprint density at radius 3 is 2.73 bits per heavy atom. The van der Waals surface area contributed by atoms with Crippen molar-refractivity contribution in [3.05, 3.63) is 66.9 Å². The average Bonchev–Trinajstić information content (AvgIpc) is 3.38. The monoisotopic (exact) mass is 415 g/mol. The summed E-state index contributed by atoms with van der Waals surface area (Å²) in [7, 11) is 0. The number of carbonyl (C=O) groups excluding carboxylic acids is 1. The molecular formula is C23H21N5OS. The normalized spacial score (nSPS) is 13.6. The standard InChI is InChI=1S/C23H21N5OS/c29-23-26-13-15-28(23)14-12-25-22-24-11-10-18(27-22)21-20(16-6-2-1-3-7-16)17-8-4-5-9-19(17)30-21/h1-11H,12-15H2,(H,26,29)(H,24,25,27). The number of carbonyl (C=O) groups is 1. The van der Waals surface area contributed by atoms with Crippen molar-refractivity contribution in [3.63, 3.8) is 0 Å². The van der Waals surface area contributed by atoms with E-state index in [2.05, 4.69) is 64.1 Å². The van der Waals surface area contributed by atoms with Crippen molar-refractivity contribution in [3.8, 4) is 21.7 Å². The average molecular weight is 416 g/mol. The summed E-state index contributed by atoms with van der Waals surface area (Å²) in [5, 5.41) is 7.30. The molecule has 150 valence electrons. The highest BCUT2D eigenvalue weighted by molar-refractivity contribution is 7.23. The number of nitrogens with zero attached hydrogens (tertiary/aromatic N) is 3. The first-order valence-corrected chi connectivity index (χ1v) is 10.8. The Balaban J connectivity index is 1.46. The van der Waals surface area contributed by atoms with Crippen molar-refractivity contribution in [1.29, 1.82) is 0 Å². The van der Waals surface area contributed by atoms with Gasteiger partial charge >= 0.3 is 6.03 Å². The number of aromatic nitrogens is 2. The third-order valence-corrected chi connectivity index (χ3v) is 6.35. The van der Waals surface area contributed by atoms with E-state index in [1.54, 1.807) is 22.4 Å². The van der Waals surface area contributed by atoms with Gasteiger partial charge < -0.3 is 15.5 Å². The zero-order valence-corrected chi connectivity index (χ0v) is 17.2. The molecule has 30 heavy (non-hydrogen) atoms. The zero-order chi connectivity index (χ0) is 20.3. The lowest BCUT2D eigenvalue weighted by molar-refractivity contribution is 0.219. The number of hydrogen-bond acceptors (Lipinski definition) is 5. The second-order valence-corrected chi connectivity index (χ2v) is 8.13. The summed E-state index contributed by atoms with van der Waals surface area (Å²) in [6, 6.07) is 20.8. The molecule has 2 aromatic heterocycles. The van der Waals surface area contributed by atoms with Gasteiger partial charge in [-0.3, -0.25) is 0 Å². The van der Waals surface area contributed by atoms with Gasteiger partial charge in [-0.2, -0.15) is 0 Å². The summed E-state index contributed by atoms with van der Waals surface area (Å²) in [6.07, 6.45) is 1.78. The maximum Gasteiger partial charge on any atom is 0.317 e. The number of urea groups is 1. The lowest BCUT2D eigenvalue weighted by Crippen LogP contribution is -2.32. The molecule has 0 bridgehead atoms. The fraction of sp³-hybridized carbons (Fsp3) is 0.174. The van der Waals surface area contributed by atoms with E-state index in [1.165, 1.54) is 21.2 Å². The number of nitrogens with one attached hydrogen (secondary N) is 2. The molecule has 2 aromatic carbocycles. The van der Waals surface area contributed by atoms with Crippen LogP contribution < -0.4 is 10.6 Å². The van der Waals surface area contributed by atoms with Crippen molar-refractivity contribution >= 4 is 33.4 Å². The number of hydrogen-bond donors (Lipinski definition) is 2. The van der Waals surface area contributed by atoms with E-state index >= 15 is 0 Å². The quantitative estimate of drug-likeness (QED) is 0.488. The van der Waals surface area contributed by atoms with Gasteiger partial charge in [0.05, 0.1) is 10.6 Å². The van der Waals surface area contributed by atoms with Gasteiger partial charge in [-0.25, -0.2) is 14.8 Å². The summed E-state index contributed by atoms with van der Waals surface area (Å²) in [5.41, 5.74) is 3.28. The fourth-order valence-electron chi connectivity index (χ4n) is 3.71. The third kappa shape index (κ3) is 3.59. The Labute approximate surface area is 178 Å². The number of rotatable bonds is 6. The molecule has 4 aromatic rings. The molecule has 1 fully saturated rings. The highest BCUT2D eigenvalue weighted by atomic mass is 32.1. The molecule has 0 radical (unpaired) electrons. The maximum absolute atomic E-state index is 11.7. The molecule has 0 spiro atoms. The van der Waals surface area contributed by atoms with Crippen LogP contribution in [0.25, 0.3) is 31.8 Å². The minimum absolute atomic E-state index is 0.00996. The van der Waals surface area contributed by atoms with E-state index in [1.807, 2.05) is 12.1 Å². The molecule has 5 rings (SSSR count). The van der Waals surface area contributed by atoms with E-state index in [-0.39, 0.29) is 6.03 Å². The lowest BCUT2D eigenvalue weighted by Gasteiger charge is -2.14. The van der Waals surface area contributed by atoms with E-state index < -0.39 is 0 Å². The van der Waals surface area contributed by atoms with Gasteiger partial charge in [-0.1, -0.05) is 48.5 Å². The van der Waals surface area contributed by atoms with Crippen LogP contribution in [0.4, 0.5) is 10.7 Å². The molecule has 0 saturated carbocycles. The molecule has 1 aliphatic heterocycles. The van der Waals surface area contributed by atoms with Gasteiger partial charge in [0.1, 0.15) is 0 Å². The number of thiophene rings is 1. The first-order valence-electron chi connectivity index (χ1n) is 9.96. The van der Waals surface area contributed by atoms with Crippen LogP contribution in [0.1, 0.15) is 0 Å². The van der Waals surface area contributed by atoms with Crippen LogP contribution in [0, 0.1) is 0 Å². The molecular weight excluding hydrogens is 394 g/mol. The van der Waals surface area contributed by atoms with Gasteiger partial charge in [0.25, 0.3) is 0 Å². The van der Waals surface area contributed by atoms with Crippen LogP contribution in [0.15, 0.2) is 66.9 Å². The van der Waals surface area contributed by atoms with Gasteiger partial charge in [-0.05, 0) is 17.7 Å². The number of anilines is 1. The maximum atomic E-state index is 11.7. The second kappa shape index (κ2) is 8.12. The Morgan fingerprint density at radius 1 is 1.07 bits per heavy atom. The summed E-state index contributed by atoms with van der Waals surface area (Å²) >= 11 is 1.75. The summed E-state index contributed by atoms with van der Waals surface area (Å²) in [6.45, 7) is 2.68. The SMILES string of the molecule is O=C1NCCN1CCNc1nccc(-c2sc3ccccc3c2-c2ccccc2)n1. The van der Waals surface area contributed by atoms with Crippen molar-refractivity contribution in [2.24, 2.45) is 0 Å². The van der Waals surface area contributed by atoms with Crippen LogP contribution in [-0.2, 0) is 0 Å². The summed E-state index contributed by atoms with van der Waals surface area (Å²) in [5.74, 6) is 0.573. The second-order valence-electron chi connectivity index (χ2n) is 7.08. The molecule has 1 saturated heterocycles. The highest BCUT2D eigenvalue weighted by Crippen LogP contribution is 2.44. The fourth-order valence-corrected chi connectivity index (χ4v) is 4.91. The zero-order valence-electron chi connectivity index (χ0n) is 16.3. The molecule has 3 heterocycles. The molecule has 1 aliphatic rings. The van der Waals surface area contributed by atoms with Crippen LogP contribution in [0.2, 0.25) is 0 Å². The Kier molecular flexibility index (Phi) is 5.03. The highest BCUT2D eigenvalue weighted by Gasteiger charge is 2.19. The molecule has 0 unspecified atom stereocenters. The van der Waals surface area contributed by atoms with Gasteiger partial charge in [0.15, 0.2) is 0 Å². The molecule has 7 heteroatoms. The summed E-state index contributed by atoms with van der Waals surface area (Å²) in [4.78, 5) is 23.7. The van der Waals surface area contributed by atoms with Crippen molar-refractivity contribution < 1.29 is 4.79 Å². The molecule has 6 nitrogen and oxygen atoms in total. The molecule has 2 amide bonds. The van der Waals surface area contributed by atoms with Gasteiger partial charge in [0.2, 0.25) is 5.95 Å². The Hall–Kier alpha value is -3.45. The van der Waals surface area contributed by atoms with Crippen LogP contribution in [0.3, 0.4) is 0 Å². The molecule has 0 aliphatic carbocycles. The van der Waals surface area contributed by atoms with Crippen molar-refractivity contribution in [2.75, 3.05) is 31.5 Å². The Morgan fingerprint density at radius 2 is 1.90 bits per heavy atom. The van der Waals surface area contributed by atoms with Gasteiger partial charge in [0, 0.05) is 48.0 Å². The number of benzene rings is 2. The molecule has 0 atom stereocenters. The van der Waals surface area contributed by atoms with E-state index in [0.717, 1.165) is 17.1 Å². The number of amides is 2. The van der Waals surface area contributed by atoms with E-state index in [0.29, 0.717) is 25.6 Å². The minimum atomic E-state index is -0.00996. The third-order valence-electron chi connectivity index (χ3n) is 5.16. The molecule has 2 N–H and O–H groups in total. The summed E-state index contributed by atoms with van der Waals surface area (Å²) < 4.78 is 1.24. The van der Waals surface area contributed by atoms with Crippen molar-refractivity contribution in [1.82, 2.24) is 20.2 Å². The first kappa shape index (κ1) is 18.6. The Bertz CT molecular complexity index is 1190. The van der Waals surface area contributed by atoms with E-state index in [4.69, 9.17) is 4.98 Å². The minimum Gasteiger partial charge on any atom is -0.352 e. The van der Waals surface area contributed by atoms with Crippen LogP contribution >= 0.6 is 11.3 Å². The largest absolute Gasteiger partial charge is 0.352 e. The number of fused-ring (bicyclic) bond motifs is 1. The first-order chi connectivity index (χ1) is 14.8. The topological polar surface area (TPSA) is 70.2 Å². The van der Waals surface area contributed by atoms with Gasteiger partial charge in [-0.15, -0.1) is 11.3 Å². The van der Waals surface area contributed by atoms with Crippen LogP contribution in [0.5, 0.6) is 0 Å². The van der Waals surface area contributed by atoms with Crippen LogP contribution in [-0.4, -0.2) is 47.1 Å². The smallest absolute Gasteiger partial charge is 0.317 e. The van der Waals surface area contributed by atoms with E-state index in [9.17, 15) is 4.79 Å². The van der Waals surface area contributed by atoms with Crippen molar-refractivity contribution in [2.45, 2.75) is 0 Å². The lowest BCUT2D eigenvalue weighted by atomic mass is 10.0. The predicted octanol–water partition coefficient (Wildman–Crippen LogP) is 4.46.